The highest BCUT2D eigenvalue weighted by atomic mass is 32.2. The molecule has 5 nitrogen and oxygen atoms in total. The normalized spacial score (nSPS) is 17.2. The Balaban J connectivity index is 1.68. The van der Waals surface area contributed by atoms with Gasteiger partial charge in [0.1, 0.15) is 0 Å². The molecular weight excluding hydrogens is 336 g/mol. The summed E-state index contributed by atoms with van der Waals surface area (Å²) in [5.74, 6) is 0. The summed E-state index contributed by atoms with van der Waals surface area (Å²) in [6.45, 7) is 1.86. The molecule has 1 aliphatic carbocycles. The van der Waals surface area contributed by atoms with Crippen LogP contribution in [0.2, 0.25) is 0 Å². The molecule has 1 aliphatic rings. The summed E-state index contributed by atoms with van der Waals surface area (Å²) in [5.41, 5.74) is 1.95. The number of hydrogen-bond donors (Lipinski definition) is 3. The van der Waals surface area contributed by atoms with Crippen LogP contribution < -0.4 is 10.0 Å². The maximum absolute atomic E-state index is 12.4. The van der Waals surface area contributed by atoms with Gasteiger partial charge in [0.15, 0.2) is 0 Å². The van der Waals surface area contributed by atoms with Crippen molar-refractivity contribution < 1.29 is 13.5 Å². The van der Waals surface area contributed by atoms with Crippen molar-refractivity contribution in [1.82, 2.24) is 10.0 Å². The van der Waals surface area contributed by atoms with Gasteiger partial charge in [0.2, 0.25) is 10.0 Å². The van der Waals surface area contributed by atoms with E-state index in [1.54, 1.807) is 24.3 Å². The van der Waals surface area contributed by atoms with Crippen molar-refractivity contribution in [1.29, 1.82) is 0 Å². The summed E-state index contributed by atoms with van der Waals surface area (Å²) in [6.07, 6.45) is 1.32. The number of aryl methyl sites for hydroxylation is 1. The molecule has 2 atom stereocenters. The molecule has 3 N–H and O–H groups in total. The molecule has 0 aliphatic heterocycles. The van der Waals surface area contributed by atoms with Crippen LogP contribution in [0.4, 0.5) is 0 Å². The third-order valence-electron chi connectivity index (χ3n) is 4.35. The first-order valence-electron chi connectivity index (χ1n) is 8.51. The Hall–Kier alpha value is -1.73. The Labute approximate surface area is 149 Å². The smallest absolute Gasteiger partial charge is 0.240 e. The van der Waals surface area contributed by atoms with Crippen LogP contribution in [0.15, 0.2) is 59.5 Å². The lowest BCUT2D eigenvalue weighted by Gasteiger charge is -2.25. The number of aliphatic hydroxyl groups excluding tert-OH is 1. The van der Waals surface area contributed by atoms with Crippen LogP contribution in [0.1, 0.15) is 30.0 Å². The van der Waals surface area contributed by atoms with Crippen molar-refractivity contribution in [3.63, 3.8) is 0 Å². The maximum atomic E-state index is 12.4. The molecule has 1 saturated carbocycles. The van der Waals surface area contributed by atoms with Gasteiger partial charge in [-0.15, -0.1) is 0 Å². The second-order valence-electron chi connectivity index (χ2n) is 6.56. The Bertz CT molecular complexity index is 787. The largest absolute Gasteiger partial charge is 0.390 e. The van der Waals surface area contributed by atoms with Crippen molar-refractivity contribution in [3.05, 3.63) is 65.7 Å². The summed E-state index contributed by atoms with van der Waals surface area (Å²) >= 11 is 0. The lowest BCUT2D eigenvalue weighted by molar-refractivity contribution is 0.130. The standard InChI is InChI=1S/C19H24N2O3S/c1-14-7-11-17(12-8-14)25(23,24)20-13-18(22)19(21-16-9-10-16)15-5-3-2-4-6-15/h2-8,11-12,16,18-22H,9-10,13H2,1H3. The van der Waals surface area contributed by atoms with E-state index < -0.39 is 16.1 Å². The van der Waals surface area contributed by atoms with E-state index in [0.29, 0.717) is 6.04 Å². The second-order valence-corrected chi connectivity index (χ2v) is 8.33. The summed E-state index contributed by atoms with van der Waals surface area (Å²) in [5, 5.41) is 14.0. The average Bonchev–Trinajstić information content (AvgIpc) is 3.43. The molecule has 2 aromatic carbocycles. The summed E-state index contributed by atoms with van der Waals surface area (Å²) in [6, 6.07) is 16.4. The van der Waals surface area contributed by atoms with Gasteiger partial charge in [-0.25, -0.2) is 13.1 Å². The second kappa shape index (κ2) is 7.66. The number of hydrogen-bond acceptors (Lipinski definition) is 4. The average molecular weight is 360 g/mol. The lowest BCUT2D eigenvalue weighted by Crippen LogP contribution is -2.41. The first-order chi connectivity index (χ1) is 12.0. The fourth-order valence-electron chi connectivity index (χ4n) is 2.71. The van der Waals surface area contributed by atoms with Crippen molar-refractivity contribution in [2.24, 2.45) is 0 Å². The van der Waals surface area contributed by atoms with E-state index in [0.717, 1.165) is 24.0 Å². The molecular formula is C19H24N2O3S. The van der Waals surface area contributed by atoms with E-state index in [1.165, 1.54) is 0 Å². The Morgan fingerprint density at radius 2 is 1.72 bits per heavy atom. The molecule has 0 amide bonds. The van der Waals surface area contributed by atoms with Crippen molar-refractivity contribution >= 4 is 10.0 Å². The van der Waals surface area contributed by atoms with E-state index >= 15 is 0 Å². The fraction of sp³-hybridized carbons (Fsp3) is 0.368. The number of nitrogens with one attached hydrogen (secondary N) is 2. The van der Waals surface area contributed by atoms with Crippen LogP contribution in [0.5, 0.6) is 0 Å². The Morgan fingerprint density at radius 1 is 1.08 bits per heavy atom. The van der Waals surface area contributed by atoms with E-state index in [4.69, 9.17) is 0 Å². The molecule has 0 heterocycles. The molecule has 0 aromatic heterocycles. The van der Waals surface area contributed by atoms with Crippen LogP contribution in [-0.4, -0.2) is 32.2 Å². The first-order valence-corrected chi connectivity index (χ1v) is 9.99. The molecule has 0 radical (unpaired) electrons. The molecule has 3 rings (SSSR count). The van der Waals surface area contributed by atoms with Crippen LogP contribution in [0.25, 0.3) is 0 Å². The molecule has 25 heavy (non-hydrogen) atoms. The fourth-order valence-corrected chi connectivity index (χ4v) is 3.76. The van der Waals surface area contributed by atoms with E-state index in [2.05, 4.69) is 10.0 Å². The molecule has 2 aromatic rings. The van der Waals surface area contributed by atoms with Crippen molar-refractivity contribution in [2.75, 3.05) is 6.54 Å². The van der Waals surface area contributed by atoms with Crippen molar-refractivity contribution in [2.45, 2.75) is 42.8 Å². The van der Waals surface area contributed by atoms with Gasteiger partial charge in [-0.05, 0) is 37.5 Å². The number of aliphatic hydroxyl groups is 1. The molecule has 1 fully saturated rings. The van der Waals surface area contributed by atoms with Crippen LogP contribution >= 0.6 is 0 Å². The highest BCUT2D eigenvalue weighted by Gasteiger charge is 2.30. The Kier molecular flexibility index (Phi) is 5.54. The molecule has 0 saturated heterocycles. The zero-order valence-electron chi connectivity index (χ0n) is 14.2. The maximum Gasteiger partial charge on any atom is 0.240 e. The lowest BCUT2D eigenvalue weighted by atomic mass is 10.0. The van der Waals surface area contributed by atoms with Gasteiger partial charge in [-0.1, -0.05) is 48.0 Å². The third-order valence-corrected chi connectivity index (χ3v) is 5.79. The van der Waals surface area contributed by atoms with Gasteiger partial charge >= 0.3 is 0 Å². The zero-order chi connectivity index (χ0) is 17.9. The van der Waals surface area contributed by atoms with Gasteiger partial charge in [0, 0.05) is 12.6 Å². The van der Waals surface area contributed by atoms with E-state index in [9.17, 15) is 13.5 Å². The van der Waals surface area contributed by atoms with Gasteiger partial charge in [-0.2, -0.15) is 0 Å². The van der Waals surface area contributed by atoms with Crippen LogP contribution in [0, 0.1) is 6.92 Å². The van der Waals surface area contributed by atoms with Gasteiger partial charge in [0.25, 0.3) is 0 Å². The van der Waals surface area contributed by atoms with Crippen LogP contribution in [-0.2, 0) is 10.0 Å². The quantitative estimate of drug-likeness (QED) is 0.674. The zero-order valence-corrected chi connectivity index (χ0v) is 15.0. The molecule has 0 spiro atoms. The minimum Gasteiger partial charge on any atom is -0.390 e. The van der Waals surface area contributed by atoms with Gasteiger partial charge in [-0.3, -0.25) is 0 Å². The minimum absolute atomic E-state index is 0.0461. The number of benzene rings is 2. The monoisotopic (exact) mass is 360 g/mol. The Morgan fingerprint density at radius 3 is 2.32 bits per heavy atom. The predicted octanol–water partition coefficient (Wildman–Crippen LogP) is 2.13. The van der Waals surface area contributed by atoms with Crippen LogP contribution in [0.3, 0.4) is 0 Å². The molecule has 0 bridgehead atoms. The first kappa shape index (κ1) is 18.1. The SMILES string of the molecule is Cc1ccc(S(=O)(=O)NCC(O)C(NC2CC2)c2ccccc2)cc1. The van der Waals surface area contributed by atoms with Crippen molar-refractivity contribution in [3.8, 4) is 0 Å². The predicted molar refractivity (Wildman–Crippen MR) is 97.7 cm³/mol. The topological polar surface area (TPSA) is 78.4 Å². The van der Waals surface area contributed by atoms with Gasteiger partial charge in [0.05, 0.1) is 17.0 Å². The molecule has 2 unspecified atom stereocenters. The summed E-state index contributed by atoms with van der Waals surface area (Å²) in [4.78, 5) is 0.205. The molecule has 6 heteroatoms. The highest BCUT2D eigenvalue weighted by molar-refractivity contribution is 7.89. The summed E-state index contributed by atoms with van der Waals surface area (Å²) in [7, 11) is -3.64. The highest BCUT2D eigenvalue weighted by Crippen LogP contribution is 2.26. The number of rotatable bonds is 8. The van der Waals surface area contributed by atoms with E-state index in [1.807, 2.05) is 37.3 Å². The number of sulfonamides is 1. The van der Waals surface area contributed by atoms with Gasteiger partial charge < -0.3 is 10.4 Å². The minimum atomic E-state index is -3.64. The third kappa shape index (κ3) is 4.89. The van der Waals surface area contributed by atoms with E-state index in [-0.39, 0.29) is 17.5 Å². The summed E-state index contributed by atoms with van der Waals surface area (Å²) < 4.78 is 27.3. The molecule has 134 valence electrons.